The average Bonchev–Trinajstić information content (AvgIpc) is 2.18. The van der Waals surface area contributed by atoms with Gasteiger partial charge in [-0.3, -0.25) is 4.79 Å². The first kappa shape index (κ1) is 13.3. The van der Waals surface area contributed by atoms with Crippen LogP contribution in [0, 0.1) is 5.82 Å². The van der Waals surface area contributed by atoms with Crippen molar-refractivity contribution in [2.45, 2.75) is 6.18 Å². The molecule has 0 saturated heterocycles. The maximum Gasteiger partial charge on any atom is 0.406 e. The van der Waals surface area contributed by atoms with Crippen molar-refractivity contribution in [3.63, 3.8) is 0 Å². The van der Waals surface area contributed by atoms with Gasteiger partial charge in [-0.15, -0.1) is 0 Å². The van der Waals surface area contributed by atoms with E-state index in [0.29, 0.717) is 4.90 Å². The summed E-state index contributed by atoms with van der Waals surface area (Å²) in [5.74, 6) is -1.59. The maximum absolute atomic E-state index is 12.8. The van der Waals surface area contributed by atoms with E-state index in [1.54, 1.807) is 0 Å². The molecule has 3 nitrogen and oxygen atoms in total. The van der Waals surface area contributed by atoms with Gasteiger partial charge in [0.15, 0.2) is 0 Å². The normalized spacial score (nSPS) is 11.4. The van der Waals surface area contributed by atoms with Crippen LogP contribution < -0.4 is 5.73 Å². The van der Waals surface area contributed by atoms with E-state index in [4.69, 9.17) is 5.73 Å². The van der Waals surface area contributed by atoms with Gasteiger partial charge in [0.25, 0.3) is 5.91 Å². The van der Waals surface area contributed by atoms with Crippen LogP contribution >= 0.6 is 0 Å². The zero-order valence-corrected chi connectivity index (χ0v) is 8.88. The number of nitrogens with zero attached hydrogens (tertiary/aromatic N) is 1. The molecule has 0 atom stereocenters. The van der Waals surface area contributed by atoms with Crippen LogP contribution in [0.3, 0.4) is 0 Å². The quantitative estimate of drug-likeness (QED) is 0.645. The maximum atomic E-state index is 12.8. The molecule has 0 radical (unpaired) electrons. The zero-order chi connectivity index (χ0) is 13.2. The van der Waals surface area contributed by atoms with E-state index in [-0.39, 0.29) is 11.3 Å². The summed E-state index contributed by atoms with van der Waals surface area (Å²) < 4.78 is 48.9. The second-order valence-corrected chi connectivity index (χ2v) is 3.51. The topological polar surface area (TPSA) is 46.3 Å². The second-order valence-electron chi connectivity index (χ2n) is 3.51. The van der Waals surface area contributed by atoms with E-state index < -0.39 is 24.4 Å². The van der Waals surface area contributed by atoms with Crippen molar-refractivity contribution in [1.82, 2.24) is 4.90 Å². The number of amides is 1. The number of anilines is 1. The minimum absolute atomic E-state index is 0.0874. The summed E-state index contributed by atoms with van der Waals surface area (Å²) in [5.41, 5.74) is 4.85. The number of benzene rings is 1. The van der Waals surface area contributed by atoms with Gasteiger partial charge in [0.2, 0.25) is 0 Å². The first-order chi connectivity index (χ1) is 7.70. The third kappa shape index (κ3) is 3.61. The predicted octanol–water partition coefficient (Wildman–Crippen LogP) is 2.04. The van der Waals surface area contributed by atoms with Gasteiger partial charge in [-0.1, -0.05) is 0 Å². The molecule has 0 unspecified atom stereocenters. The number of nitrogens with two attached hydrogens (primary N) is 1. The monoisotopic (exact) mass is 250 g/mol. The van der Waals surface area contributed by atoms with Crippen LogP contribution in [0.2, 0.25) is 0 Å². The Morgan fingerprint density at radius 3 is 2.47 bits per heavy atom. The second kappa shape index (κ2) is 4.60. The highest BCUT2D eigenvalue weighted by Crippen LogP contribution is 2.18. The molecular weight excluding hydrogens is 240 g/mol. The smallest absolute Gasteiger partial charge is 0.396 e. The molecule has 7 heteroatoms. The van der Waals surface area contributed by atoms with Crippen molar-refractivity contribution in [3.8, 4) is 0 Å². The van der Waals surface area contributed by atoms with Crippen molar-refractivity contribution in [2.75, 3.05) is 19.3 Å². The lowest BCUT2D eigenvalue weighted by atomic mass is 10.1. The van der Waals surface area contributed by atoms with Gasteiger partial charge in [0.1, 0.15) is 12.4 Å². The minimum Gasteiger partial charge on any atom is -0.396 e. The van der Waals surface area contributed by atoms with E-state index in [1.807, 2.05) is 0 Å². The van der Waals surface area contributed by atoms with Crippen LogP contribution in [0.25, 0.3) is 0 Å². The minimum atomic E-state index is -4.48. The number of nitrogen functional groups attached to an aromatic ring is 1. The summed E-state index contributed by atoms with van der Waals surface area (Å²) in [5, 5.41) is 0. The molecule has 0 saturated carbocycles. The Bertz CT molecular complexity index is 431. The lowest BCUT2D eigenvalue weighted by Crippen LogP contribution is -2.35. The third-order valence-corrected chi connectivity index (χ3v) is 2.01. The zero-order valence-electron chi connectivity index (χ0n) is 8.88. The number of halogens is 4. The molecule has 94 valence electrons. The summed E-state index contributed by atoms with van der Waals surface area (Å²) in [7, 11) is 1.01. The van der Waals surface area contributed by atoms with Crippen molar-refractivity contribution < 1.29 is 22.4 Å². The number of carbonyl (C=O) groups is 1. The van der Waals surface area contributed by atoms with E-state index in [0.717, 1.165) is 25.2 Å². The first-order valence-electron chi connectivity index (χ1n) is 4.58. The van der Waals surface area contributed by atoms with Crippen molar-refractivity contribution in [3.05, 3.63) is 29.6 Å². The summed E-state index contributed by atoms with van der Waals surface area (Å²) in [6, 6.07) is 3.02. The van der Waals surface area contributed by atoms with Crippen molar-refractivity contribution in [2.24, 2.45) is 0 Å². The van der Waals surface area contributed by atoms with Gasteiger partial charge in [-0.05, 0) is 18.2 Å². The molecule has 0 aliphatic rings. The molecule has 2 N–H and O–H groups in total. The molecule has 17 heavy (non-hydrogen) atoms. The molecule has 0 fully saturated rings. The largest absolute Gasteiger partial charge is 0.406 e. The Labute approximate surface area is 94.8 Å². The average molecular weight is 250 g/mol. The lowest BCUT2D eigenvalue weighted by Gasteiger charge is -2.19. The number of alkyl halides is 3. The van der Waals surface area contributed by atoms with Crippen LogP contribution in [-0.2, 0) is 0 Å². The number of rotatable bonds is 2. The molecule has 0 spiro atoms. The van der Waals surface area contributed by atoms with Gasteiger partial charge < -0.3 is 10.6 Å². The standard InChI is InChI=1S/C10H10F4N2O/c1-16(5-10(12,13)14)9(17)6-2-3-7(11)8(15)4-6/h2-4H,5,15H2,1H3. The fraction of sp³-hybridized carbons (Fsp3) is 0.300. The number of hydrogen-bond acceptors (Lipinski definition) is 2. The van der Waals surface area contributed by atoms with Crippen LogP contribution in [0.5, 0.6) is 0 Å². The molecule has 1 aromatic rings. The molecule has 1 rings (SSSR count). The lowest BCUT2D eigenvalue weighted by molar-refractivity contribution is -0.138. The number of hydrogen-bond donors (Lipinski definition) is 1. The molecule has 1 aromatic carbocycles. The molecule has 0 aliphatic carbocycles. The van der Waals surface area contributed by atoms with Gasteiger partial charge in [-0.25, -0.2) is 4.39 Å². The summed E-state index contributed by atoms with van der Waals surface area (Å²) >= 11 is 0. The SMILES string of the molecule is CN(CC(F)(F)F)C(=O)c1ccc(F)c(N)c1. The molecule has 0 aliphatic heterocycles. The van der Waals surface area contributed by atoms with Gasteiger partial charge in [0, 0.05) is 12.6 Å². The van der Waals surface area contributed by atoms with Crippen molar-refractivity contribution in [1.29, 1.82) is 0 Å². The molecule has 0 aromatic heterocycles. The summed E-state index contributed by atoms with van der Waals surface area (Å²) in [6.45, 7) is -1.37. The van der Waals surface area contributed by atoms with E-state index in [9.17, 15) is 22.4 Å². The molecule has 0 heterocycles. The highest BCUT2D eigenvalue weighted by Gasteiger charge is 2.31. The Kier molecular flexibility index (Phi) is 3.59. The van der Waals surface area contributed by atoms with Gasteiger partial charge in [-0.2, -0.15) is 13.2 Å². The van der Waals surface area contributed by atoms with Crippen LogP contribution in [0.15, 0.2) is 18.2 Å². The van der Waals surface area contributed by atoms with E-state index >= 15 is 0 Å². The number of carbonyl (C=O) groups excluding carboxylic acids is 1. The Morgan fingerprint density at radius 2 is 2.00 bits per heavy atom. The fourth-order valence-electron chi connectivity index (χ4n) is 1.24. The molecule has 0 bridgehead atoms. The Balaban J connectivity index is 2.85. The summed E-state index contributed by atoms with van der Waals surface area (Å²) in [4.78, 5) is 12.0. The van der Waals surface area contributed by atoms with E-state index in [1.165, 1.54) is 0 Å². The Hall–Kier alpha value is -1.79. The highest BCUT2D eigenvalue weighted by molar-refractivity contribution is 5.94. The Morgan fingerprint density at radius 1 is 1.41 bits per heavy atom. The van der Waals surface area contributed by atoms with E-state index in [2.05, 4.69) is 0 Å². The first-order valence-corrected chi connectivity index (χ1v) is 4.58. The predicted molar refractivity (Wildman–Crippen MR) is 53.8 cm³/mol. The van der Waals surface area contributed by atoms with Gasteiger partial charge >= 0.3 is 6.18 Å². The van der Waals surface area contributed by atoms with Gasteiger partial charge in [0.05, 0.1) is 5.69 Å². The molecular formula is C10H10F4N2O. The highest BCUT2D eigenvalue weighted by atomic mass is 19.4. The third-order valence-electron chi connectivity index (χ3n) is 2.01. The van der Waals surface area contributed by atoms with Crippen LogP contribution in [0.1, 0.15) is 10.4 Å². The van der Waals surface area contributed by atoms with Crippen LogP contribution in [0.4, 0.5) is 23.2 Å². The van der Waals surface area contributed by atoms with Crippen LogP contribution in [-0.4, -0.2) is 30.6 Å². The van der Waals surface area contributed by atoms with Crippen molar-refractivity contribution >= 4 is 11.6 Å². The fourth-order valence-corrected chi connectivity index (χ4v) is 1.24. The summed E-state index contributed by atoms with van der Waals surface area (Å²) in [6.07, 6.45) is -4.48. The molecule has 1 amide bonds.